The maximum atomic E-state index is 4.82. The van der Waals surface area contributed by atoms with Gasteiger partial charge in [-0.3, -0.25) is 0 Å². The molecule has 110 valence electrons. The van der Waals surface area contributed by atoms with Crippen molar-refractivity contribution in [3.63, 3.8) is 0 Å². The fourth-order valence-corrected chi connectivity index (χ4v) is 3.06. The number of imidazole rings is 1. The number of rotatable bonds is 7. The van der Waals surface area contributed by atoms with E-state index in [9.17, 15) is 0 Å². The normalized spacial score (nSPS) is 14.6. The second-order valence-corrected chi connectivity index (χ2v) is 5.76. The van der Waals surface area contributed by atoms with Crippen molar-refractivity contribution in [2.45, 2.75) is 53.1 Å². The highest BCUT2D eigenvalue weighted by Crippen LogP contribution is 2.20. The van der Waals surface area contributed by atoms with Crippen molar-refractivity contribution in [1.82, 2.24) is 14.9 Å². The Hall–Kier alpha value is -1.35. The van der Waals surface area contributed by atoms with Crippen LogP contribution >= 0.6 is 0 Å². The number of para-hydroxylation sites is 2. The van der Waals surface area contributed by atoms with E-state index in [0.717, 1.165) is 25.0 Å². The third kappa shape index (κ3) is 3.40. The lowest BCUT2D eigenvalue weighted by Crippen LogP contribution is -2.28. The summed E-state index contributed by atoms with van der Waals surface area (Å²) in [6, 6.07) is 9.01. The summed E-state index contributed by atoms with van der Waals surface area (Å²) in [5, 5.41) is 3.49. The van der Waals surface area contributed by atoms with E-state index in [1.165, 1.54) is 17.8 Å². The first kappa shape index (κ1) is 15.0. The SMILES string of the molecule is CCNC(C)CC(C)Cc1nc2ccccc2n1CC. The molecule has 1 N–H and O–H groups in total. The maximum absolute atomic E-state index is 4.82. The van der Waals surface area contributed by atoms with E-state index >= 15 is 0 Å². The molecule has 1 aromatic heterocycles. The summed E-state index contributed by atoms with van der Waals surface area (Å²) in [5.74, 6) is 1.87. The van der Waals surface area contributed by atoms with Crippen molar-refractivity contribution in [3.05, 3.63) is 30.1 Å². The van der Waals surface area contributed by atoms with Crippen LogP contribution in [0.3, 0.4) is 0 Å². The van der Waals surface area contributed by atoms with Gasteiger partial charge < -0.3 is 9.88 Å². The number of hydrogen-bond acceptors (Lipinski definition) is 2. The number of benzene rings is 1. The van der Waals surface area contributed by atoms with Crippen molar-refractivity contribution < 1.29 is 0 Å². The van der Waals surface area contributed by atoms with Gasteiger partial charge in [-0.05, 0) is 44.9 Å². The van der Waals surface area contributed by atoms with Gasteiger partial charge in [0.1, 0.15) is 5.82 Å². The predicted molar refractivity (Wildman–Crippen MR) is 86.0 cm³/mol. The van der Waals surface area contributed by atoms with Gasteiger partial charge in [-0.15, -0.1) is 0 Å². The molecule has 0 spiro atoms. The maximum Gasteiger partial charge on any atom is 0.110 e. The minimum atomic E-state index is 0.578. The van der Waals surface area contributed by atoms with Crippen molar-refractivity contribution in [1.29, 1.82) is 0 Å². The van der Waals surface area contributed by atoms with E-state index in [2.05, 4.69) is 61.8 Å². The van der Waals surface area contributed by atoms with Crippen LogP contribution in [0.15, 0.2) is 24.3 Å². The highest BCUT2D eigenvalue weighted by Gasteiger charge is 2.14. The monoisotopic (exact) mass is 273 g/mol. The fraction of sp³-hybridized carbons (Fsp3) is 0.588. The Bertz CT molecular complexity index is 544. The van der Waals surface area contributed by atoms with Gasteiger partial charge in [-0.1, -0.05) is 26.0 Å². The second kappa shape index (κ2) is 6.89. The Morgan fingerprint density at radius 3 is 2.65 bits per heavy atom. The predicted octanol–water partition coefficient (Wildman–Crippen LogP) is 3.62. The Balaban J connectivity index is 2.12. The van der Waals surface area contributed by atoms with Crippen LogP contribution in [0.4, 0.5) is 0 Å². The topological polar surface area (TPSA) is 29.9 Å². The minimum absolute atomic E-state index is 0.578. The molecule has 3 nitrogen and oxygen atoms in total. The van der Waals surface area contributed by atoms with Crippen LogP contribution in [-0.4, -0.2) is 22.1 Å². The highest BCUT2D eigenvalue weighted by molar-refractivity contribution is 5.75. The van der Waals surface area contributed by atoms with Crippen LogP contribution in [-0.2, 0) is 13.0 Å². The van der Waals surface area contributed by atoms with Gasteiger partial charge in [-0.25, -0.2) is 4.98 Å². The zero-order chi connectivity index (χ0) is 14.5. The first-order chi connectivity index (χ1) is 9.65. The molecular formula is C17H27N3. The molecule has 1 heterocycles. The largest absolute Gasteiger partial charge is 0.328 e. The van der Waals surface area contributed by atoms with Gasteiger partial charge in [0.15, 0.2) is 0 Å². The molecule has 2 aromatic rings. The van der Waals surface area contributed by atoms with Gasteiger partial charge in [0.25, 0.3) is 0 Å². The number of aryl methyl sites for hydroxylation is 1. The molecule has 0 saturated carbocycles. The number of nitrogens with zero attached hydrogens (tertiary/aromatic N) is 2. The molecule has 0 aliphatic heterocycles. The zero-order valence-electron chi connectivity index (χ0n) is 13.2. The van der Waals surface area contributed by atoms with Gasteiger partial charge in [0.2, 0.25) is 0 Å². The summed E-state index contributed by atoms with van der Waals surface area (Å²) in [7, 11) is 0. The summed E-state index contributed by atoms with van der Waals surface area (Å²) in [6.45, 7) is 11.0. The van der Waals surface area contributed by atoms with E-state index in [1.807, 2.05) is 0 Å². The highest BCUT2D eigenvalue weighted by atomic mass is 15.1. The molecule has 0 aliphatic rings. The van der Waals surface area contributed by atoms with Gasteiger partial charge in [0, 0.05) is 19.0 Å². The average molecular weight is 273 g/mol. The van der Waals surface area contributed by atoms with E-state index < -0.39 is 0 Å². The molecule has 0 amide bonds. The Morgan fingerprint density at radius 2 is 1.95 bits per heavy atom. The number of aromatic nitrogens is 2. The van der Waals surface area contributed by atoms with Crippen LogP contribution in [0.5, 0.6) is 0 Å². The van der Waals surface area contributed by atoms with E-state index in [0.29, 0.717) is 12.0 Å². The van der Waals surface area contributed by atoms with Crippen molar-refractivity contribution >= 4 is 11.0 Å². The lowest BCUT2D eigenvalue weighted by Gasteiger charge is -2.18. The van der Waals surface area contributed by atoms with Crippen LogP contribution in [0.1, 0.15) is 39.9 Å². The average Bonchev–Trinajstić information content (AvgIpc) is 2.75. The molecular weight excluding hydrogens is 246 g/mol. The lowest BCUT2D eigenvalue weighted by molar-refractivity contribution is 0.417. The van der Waals surface area contributed by atoms with E-state index in [-0.39, 0.29) is 0 Å². The number of fused-ring (bicyclic) bond motifs is 1. The fourth-order valence-electron chi connectivity index (χ4n) is 3.06. The molecule has 1 aromatic carbocycles. The summed E-state index contributed by atoms with van der Waals surface area (Å²) >= 11 is 0. The summed E-state index contributed by atoms with van der Waals surface area (Å²) in [4.78, 5) is 4.82. The van der Waals surface area contributed by atoms with Crippen LogP contribution < -0.4 is 5.32 Å². The first-order valence-corrected chi connectivity index (χ1v) is 7.83. The molecule has 0 aliphatic carbocycles. The minimum Gasteiger partial charge on any atom is -0.328 e. The van der Waals surface area contributed by atoms with E-state index in [4.69, 9.17) is 4.98 Å². The first-order valence-electron chi connectivity index (χ1n) is 7.83. The van der Waals surface area contributed by atoms with Crippen LogP contribution in [0.25, 0.3) is 11.0 Å². The van der Waals surface area contributed by atoms with Crippen molar-refractivity contribution in [2.24, 2.45) is 5.92 Å². The molecule has 0 saturated heterocycles. The second-order valence-electron chi connectivity index (χ2n) is 5.76. The molecule has 2 unspecified atom stereocenters. The number of nitrogens with one attached hydrogen (secondary N) is 1. The van der Waals surface area contributed by atoms with Gasteiger partial charge in [0.05, 0.1) is 11.0 Å². The van der Waals surface area contributed by atoms with Gasteiger partial charge >= 0.3 is 0 Å². The molecule has 2 rings (SSSR count). The molecule has 0 bridgehead atoms. The standard InChI is InChI=1S/C17H27N3/c1-5-18-14(4)11-13(3)12-17-19-15-9-7-8-10-16(15)20(17)6-2/h7-10,13-14,18H,5-6,11-12H2,1-4H3. The van der Waals surface area contributed by atoms with Crippen LogP contribution in [0.2, 0.25) is 0 Å². The van der Waals surface area contributed by atoms with Crippen molar-refractivity contribution in [3.8, 4) is 0 Å². The molecule has 0 fully saturated rings. The summed E-state index contributed by atoms with van der Waals surface area (Å²) in [5.41, 5.74) is 2.38. The van der Waals surface area contributed by atoms with Crippen LogP contribution in [0, 0.1) is 5.92 Å². The zero-order valence-corrected chi connectivity index (χ0v) is 13.2. The molecule has 0 radical (unpaired) electrons. The Morgan fingerprint density at radius 1 is 1.20 bits per heavy atom. The molecule has 2 atom stereocenters. The third-order valence-electron chi connectivity index (χ3n) is 3.89. The summed E-state index contributed by atoms with van der Waals surface area (Å²) in [6.07, 6.45) is 2.25. The lowest BCUT2D eigenvalue weighted by atomic mass is 9.99. The molecule has 3 heteroatoms. The van der Waals surface area contributed by atoms with Crippen molar-refractivity contribution in [2.75, 3.05) is 6.54 Å². The Labute approximate surface area is 122 Å². The quantitative estimate of drug-likeness (QED) is 0.835. The summed E-state index contributed by atoms with van der Waals surface area (Å²) < 4.78 is 2.35. The molecule has 20 heavy (non-hydrogen) atoms. The number of hydrogen-bond donors (Lipinski definition) is 1. The van der Waals surface area contributed by atoms with E-state index in [1.54, 1.807) is 0 Å². The third-order valence-corrected chi connectivity index (χ3v) is 3.89. The smallest absolute Gasteiger partial charge is 0.110 e. The Kier molecular flexibility index (Phi) is 5.18. The van der Waals surface area contributed by atoms with Gasteiger partial charge in [-0.2, -0.15) is 0 Å².